The van der Waals surface area contributed by atoms with Gasteiger partial charge in [-0.15, -0.1) is 0 Å². The van der Waals surface area contributed by atoms with Crippen LogP contribution in [0.25, 0.3) is 0 Å². The normalized spacial score (nSPS) is 10.6. The summed E-state index contributed by atoms with van der Waals surface area (Å²) in [5.74, 6) is -0.476. The maximum Gasteiger partial charge on any atom is 0.337 e. The van der Waals surface area contributed by atoms with Crippen LogP contribution in [0.15, 0.2) is 36.9 Å². The monoisotopic (exact) mass is 277 g/mol. The first-order valence-corrected chi connectivity index (χ1v) is 6.20. The highest BCUT2D eigenvalue weighted by Crippen LogP contribution is 2.15. The fourth-order valence-corrected chi connectivity index (χ4v) is 1.19. The second kappa shape index (κ2) is 6.75. The molecule has 0 spiro atoms. The lowest BCUT2D eigenvalue weighted by Crippen LogP contribution is -2.33. The third-order valence-corrected chi connectivity index (χ3v) is 2.31. The molecule has 0 saturated heterocycles. The van der Waals surface area contributed by atoms with E-state index in [2.05, 4.69) is 12.1 Å². The molecule has 1 aromatic carbocycles. The summed E-state index contributed by atoms with van der Waals surface area (Å²) in [4.78, 5) is 28.1. The third kappa shape index (κ3) is 4.76. The van der Waals surface area contributed by atoms with Crippen molar-refractivity contribution in [2.75, 3.05) is 6.61 Å². The van der Waals surface area contributed by atoms with Crippen LogP contribution in [0.4, 0.5) is 0 Å². The Bertz CT molecular complexity index is 503. The molecule has 1 aromatic rings. The third-order valence-electron chi connectivity index (χ3n) is 2.31. The molecule has 20 heavy (non-hydrogen) atoms. The summed E-state index contributed by atoms with van der Waals surface area (Å²) < 4.78 is 5.32. The molecule has 1 rings (SSSR count). The van der Waals surface area contributed by atoms with E-state index in [1.807, 2.05) is 0 Å². The molecule has 108 valence electrons. The predicted octanol–water partition coefficient (Wildman–Crippen LogP) is 2.49. The van der Waals surface area contributed by atoms with Gasteiger partial charge in [-0.25, -0.2) is 4.79 Å². The number of carbonyl (C=O) groups is 2. The standard InChI is InChI=1S/C15H19NO4/c1-5-9-19-12-8-6-7-11(10-12)13(17)16-20-14(18)15(2,3)4/h5-8,10H,1,9H2,2-4H3,(H,16,17). The molecule has 0 radical (unpaired) electrons. The molecule has 0 aliphatic heterocycles. The predicted molar refractivity (Wildman–Crippen MR) is 75.1 cm³/mol. The second-order valence-corrected chi connectivity index (χ2v) is 5.20. The van der Waals surface area contributed by atoms with E-state index in [0.29, 0.717) is 17.9 Å². The van der Waals surface area contributed by atoms with E-state index in [0.717, 1.165) is 0 Å². The fourth-order valence-electron chi connectivity index (χ4n) is 1.19. The number of carbonyl (C=O) groups excluding carboxylic acids is 2. The molecule has 5 heteroatoms. The molecule has 5 nitrogen and oxygen atoms in total. The SMILES string of the molecule is C=CCOc1cccc(C(=O)NOC(=O)C(C)(C)C)c1. The summed E-state index contributed by atoms with van der Waals surface area (Å²) in [5, 5.41) is 0. The van der Waals surface area contributed by atoms with Crippen molar-refractivity contribution in [3.05, 3.63) is 42.5 Å². The van der Waals surface area contributed by atoms with Crippen LogP contribution in [0.2, 0.25) is 0 Å². The van der Waals surface area contributed by atoms with Crippen LogP contribution in [-0.2, 0) is 9.63 Å². The van der Waals surface area contributed by atoms with Gasteiger partial charge in [-0.3, -0.25) is 4.79 Å². The molecule has 0 heterocycles. The molecular weight excluding hydrogens is 258 g/mol. The topological polar surface area (TPSA) is 64.6 Å². The number of rotatable bonds is 4. The van der Waals surface area contributed by atoms with E-state index in [4.69, 9.17) is 9.57 Å². The fraction of sp³-hybridized carbons (Fsp3) is 0.333. The minimum absolute atomic E-state index is 0.341. The number of hydrogen-bond acceptors (Lipinski definition) is 4. The van der Waals surface area contributed by atoms with E-state index >= 15 is 0 Å². The number of nitrogens with one attached hydrogen (secondary N) is 1. The van der Waals surface area contributed by atoms with Crippen molar-refractivity contribution in [1.29, 1.82) is 0 Å². The molecule has 0 aliphatic carbocycles. The number of ether oxygens (including phenoxy) is 1. The average Bonchev–Trinajstić information content (AvgIpc) is 2.41. The lowest BCUT2D eigenvalue weighted by atomic mass is 9.98. The van der Waals surface area contributed by atoms with Crippen molar-refractivity contribution < 1.29 is 19.2 Å². The first kappa shape index (κ1) is 15.8. The van der Waals surface area contributed by atoms with Crippen molar-refractivity contribution in [1.82, 2.24) is 5.48 Å². The van der Waals surface area contributed by atoms with Crippen LogP contribution < -0.4 is 10.2 Å². The maximum atomic E-state index is 11.8. The molecule has 0 unspecified atom stereocenters. The van der Waals surface area contributed by atoms with Crippen molar-refractivity contribution in [2.45, 2.75) is 20.8 Å². The van der Waals surface area contributed by atoms with Gasteiger partial charge in [0.2, 0.25) is 0 Å². The molecule has 0 bridgehead atoms. The highest BCUT2D eigenvalue weighted by molar-refractivity contribution is 5.94. The quantitative estimate of drug-likeness (QED) is 0.678. The molecule has 0 atom stereocenters. The van der Waals surface area contributed by atoms with E-state index in [1.54, 1.807) is 51.1 Å². The van der Waals surface area contributed by atoms with Gasteiger partial charge in [0.15, 0.2) is 0 Å². The van der Waals surface area contributed by atoms with Gasteiger partial charge < -0.3 is 9.57 Å². The van der Waals surface area contributed by atoms with Gasteiger partial charge in [-0.1, -0.05) is 18.7 Å². The molecule has 1 N–H and O–H groups in total. The summed E-state index contributed by atoms with van der Waals surface area (Å²) in [6, 6.07) is 6.56. The average molecular weight is 277 g/mol. The van der Waals surface area contributed by atoms with Crippen molar-refractivity contribution in [2.24, 2.45) is 5.41 Å². The van der Waals surface area contributed by atoms with Crippen molar-refractivity contribution in [3.8, 4) is 5.75 Å². The second-order valence-electron chi connectivity index (χ2n) is 5.20. The largest absolute Gasteiger partial charge is 0.490 e. The first-order valence-electron chi connectivity index (χ1n) is 6.20. The zero-order valence-electron chi connectivity index (χ0n) is 11.9. The zero-order chi connectivity index (χ0) is 15.2. The molecule has 0 aliphatic rings. The number of hydrogen-bond donors (Lipinski definition) is 1. The van der Waals surface area contributed by atoms with Crippen LogP contribution in [0, 0.1) is 5.41 Å². The summed E-state index contributed by atoms with van der Waals surface area (Å²) in [5.41, 5.74) is 1.79. The van der Waals surface area contributed by atoms with Gasteiger partial charge in [0.25, 0.3) is 5.91 Å². The van der Waals surface area contributed by atoms with E-state index in [-0.39, 0.29) is 0 Å². The minimum Gasteiger partial charge on any atom is -0.490 e. The van der Waals surface area contributed by atoms with Crippen LogP contribution in [0.3, 0.4) is 0 Å². The Balaban J connectivity index is 2.63. The molecule has 0 saturated carbocycles. The smallest absolute Gasteiger partial charge is 0.337 e. The van der Waals surface area contributed by atoms with Crippen LogP contribution in [0.1, 0.15) is 31.1 Å². The highest BCUT2D eigenvalue weighted by Gasteiger charge is 2.24. The Morgan fingerprint density at radius 1 is 1.35 bits per heavy atom. The summed E-state index contributed by atoms with van der Waals surface area (Å²) in [6.45, 7) is 8.99. The van der Waals surface area contributed by atoms with Gasteiger partial charge >= 0.3 is 5.97 Å². The molecule has 0 aromatic heterocycles. The summed E-state index contributed by atoms with van der Waals surface area (Å²) >= 11 is 0. The Hall–Kier alpha value is -2.30. The van der Waals surface area contributed by atoms with Gasteiger partial charge in [-0.2, -0.15) is 5.48 Å². The lowest BCUT2D eigenvalue weighted by Gasteiger charge is -2.16. The molecule has 0 fully saturated rings. The van der Waals surface area contributed by atoms with E-state index in [9.17, 15) is 9.59 Å². The Morgan fingerprint density at radius 3 is 2.65 bits per heavy atom. The van der Waals surface area contributed by atoms with Crippen molar-refractivity contribution in [3.63, 3.8) is 0 Å². The number of hydroxylamine groups is 1. The van der Waals surface area contributed by atoms with Crippen LogP contribution >= 0.6 is 0 Å². The minimum atomic E-state index is -0.678. The van der Waals surface area contributed by atoms with Gasteiger partial charge in [0, 0.05) is 5.56 Å². The molecule has 1 amide bonds. The Kier molecular flexibility index (Phi) is 5.32. The maximum absolute atomic E-state index is 11.8. The van der Waals surface area contributed by atoms with Gasteiger partial charge in [0.05, 0.1) is 5.41 Å². The number of amides is 1. The summed E-state index contributed by atoms with van der Waals surface area (Å²) in [6.07, 6.45) is 1.61. The number of benzene rings is 1. The molecular formula is C15H19NO4. The van der Waals surface area contributed by atoms with Gasteiger partial charge in [0.1, 0.15) is 12.4 Å². The zero-order valence-corrected chi connectivity index (χ0v) is 11.9. The van der Waals surface area contributed by atoms with Crippen LogP contribution in [0.5, 0.6) is 5.75 Å². The van der Waals surface area contributed by atoms with E-state index < -0.39 is 17.3 Å². The van der Waals surface area contributed by atoms with Gasteiger partial charge in [-0.05, 0) is 39.0 Å². The Labute approximate surface area is 118 Å². The summed E-state index contributed by atoms with van der Waals surface area (Å²) in [7, 11) is 0. The lowest BCUT2D eigenvalue weighted by molar-refractivity contribution is -0.158. The first-order chi connectivity index (χ1) is 9.34. The Morgan fingerprint density at radius 2 is 2.05 bits per heavy atom. The van der Waals surface area contributed by atoms with Crippen LogP contribution in [-0.4, -0.2) is 18.5 Å². The highest BCUT2D eigenvalue weighted by atomic mass is 16.7. The van der Waals surface area contributed by atoms with Crippen molar-refractivity contribution >= 4 is 11.9 Å². The van der Waals surface area contributed by atoms with E-state index in [1.165, 1.54) is 0 Å².